The Morgan fingerprint density at radius 3 is 2.22 bits per heavy atom. The summed E-state index contributed by atoms with van der Waals surface area (Å²) in [5.74, 6) is -0.635. The van der Waals surface area contributed by atoms with E-state index in [2.05, 4.69) is 17.0 Å². The van der Waals surface area contributed by atoms with E-state index < -0.39 is 17.0 Å². The minimum atomic E-state index is -1.48. The maximum Gasteiger partial charge on any atom is 0.344 e. The number of nitrogens with zero attached hydrogens (tertiary/aromatic N) is 3. The number of esters is 1. The van der Waals surface area contributed by atoms with Crippen molar-refractivity contribution in [3.63, 3.8) is 0 Å². The third kappa shape index (κ3) is 3.14. The van der Waals surface area contributed by atoms with E-state index in [0.717, 1.165) is 40.8 Å². The van der Waals surface area contributed by atoms with Crippen molar-refractivity contribution in [3.05, 3.63) is 138 Å². The van der Waals surface area contributed by atoms with Crippen LogP contribution in [-0.4, -0.2) is 40.8 Å². The molecule has 0 radical (unpaired) electrons. The predicted molar refractivity (Wildman–Crippen MR) is 156 cm³/mol. The molecule has 0 N–H and O–H groups in total. The van der Waals surface area contributed by atoms with E-state index >= 15 is 4.79 Å². The average molecular weight is 540 g/mol. The molecule has 4 heterocycles. The Balaban J connectivity index is 1.42. The number of hydrogen-bond acceptors (Lipinski definition) is 5. The standard InChI is InChI=1S/C35H29N3O3/c39-32-35(27-19-10-11-20-28(27)37(32)23-24-13-4-1-5-14-24)34(33(40)41-31(36-34)26-17-8-3-9-18-26)30(25-15-6-2-7-16-25)29-21-12-22-38(29)35/h1-11,13-20,29-30H,12,21-23H2/t29-,30-,34+,35-/m1/s1. The van der Waals surface area contributed by atoms with Crippen molar-refractivity contribution in [2.45, 2.75) is 42.4 Å². The zero-order valence-corrected chi connectivity index (χ0v) is 22.5. The molecule has 4 aromatic carbocycles. The zero-order chi connectivity index (χ0) is 27.6. The van der Waals surface area contributed by atoms with Crippen LogP contribution >= 0.6 is 0 Å². The second kappa shape index (κ2) is 8.98. The first-order valence-corrected chi connectivity index (χ1v) is 14.3. The van der Waals surface area contributed by atoms with Gasteiger partial charge in [-0.1, -0.05) is 97.1 Å². The van der Waals surface area contributed by atoms with Crippen LogP contribution in [0.2, 0.25) is 0 Å². The van der Waals surface area contributed by atoms with Gasteiger partial charge in [0, 0.05) is 28.8 Å². The van der Waals surface area contributed by atoms with Crippen LogP contribution in [0.3, 0.4) is 0 Å². The van der Waals surface area contributed by atoms with Gasteiger partial charge in [0.1, 0.15) is 0 Å². The number of para-hydroxylation sites is 1. The quantitative estimate of drug-likeness (QED) is 0.325. The van der Waals surface area contributed by atoms with Gasteiger partial charge in [-0.2, -0.15) is 0 Å². The van der Waals surface area contributed by atoms with E-state index in [-0.39, 0.29) is 23.8 Å². The summed E-state index contributed by atoms with van der Waals surface area (Å²) in [5, 5.41) is 0. The number of hydrogen-bond donors (Lipinski definition) is 0. The van der Waals surface area contributed by atoms with Crippen LogP contribution in [0.1, 0.15) is 41.0 Å². The molecule has 2 fully saturated rings. The summed E-state index contributed by atoms with van der Waals surface area (Å²) in [4.78, 5) is 39.4. The molecule has 6 nitrogen and oxygen atoms in total. The molecule has 4 aromatic rings. The topological polar surface area (TPSA) is 62.2 Å². The van der Waals surface area contributed by atoms with Crippen LogP contribution in [0.15, 0.2) is 120 Å². The highest BCUT2D eigenvalue weighted by molar-refractivity contribution is 6.17. The van der Waals surface area contributed by atoms with Crippen LogP contribution in [0.25, 0.3) is 0 Å². The number of cyclic esters (lactones) is 1. The second-order valence-electron chi connectivity index (χ2n) is 11.3. The monoisotopic (exact) mass is 539 g/mol. The van der Waals surface area contributed by atoms with Crippen LogP contribution < -0.4 is 4.90 Å². The maximum atomic E-state index is 15.3. The molecule has 1 amide bonds. The summed E-state index contributed by atoms with van der Waals surface area (Å²) in [6, 6.07) is 37.6. The van der Waals surface area contributed by atoms with Crippen molar-refractivity contribution in [3.8, 4) is 0 Å². The van der Waals surface area contributed by atoms with E-state index in [0.29, 0.717) is 13.1 Å². The first kappa shape index (κ1) is 24.3. The van der Waals surface area contributed by atoms with Gasteiger partial charge in [0.15, 0.2) is 5.54 Å². The van der Waals surface area contributed by atoms with Crippen molar-refractivity contribution in [1.29, 1.82) is 0 Å². The van der Waals surface area contributed by atoms with Gasteiger partial charge < -0.3 is 9.64 Å². The van der Waals surface area contributed by atoms with Crippen LogP contribution in [0.4, 0.5) is 5.69 Å². The molecule has 202 valence electrons. The maximum absolute atomic E-state index is 15.3. The van der Waals surface area contributed by atoms with Crippen LogP contribution in [0, 0.1) is 0 Å². The second-order valence-corrected chi connectivity index (χ2v) is 11.3. The van der Waals surface area contributed by atoms with Gasteiger partial charge in [-0.3, -0.25) is 9.69 Å². The molecule has 0 unspecified atom stereocenters. The summed E-state index contributed by atoms with van der Waals surface area (Å²) in [7, 11) is 0. The molecule has 4 atom stereocenters. The molecule has 2 spiro atoms. The number of ether oxygens (including phenoxy) is 1. The highest BCUT2D eigenvalue weighted by Gasteiger charge is 2.81. The lowest BCUT2D eigenvalue weighted by molar-refractivity contribution is -0.148. The Labute approximate surface area is 238 Å². The Morgan fingerprint density at radius 2 is 1.46 bits per heavy atom. The smallest absolute Gasteiger partial charge is 0.344 e. The van der Waals surface area contributed by atoms with Gasteiger partial charge in [-0.15, -0.1) is 0 Å². The zero-order valence-electron chi connectivity index (χ0n) is 22.5. The predicted octanol–water partition coefficient (Wildman–Crippen LogP) is 5.43. The summed E-state index contributed by atoms with van der Waals surface area (Å²) >= 11 is 0. The molecule has 0 saturated carbocycles. The fourth-order valence-electron chi connectivity index (χ4n) is 7.93. The fourth-order valence-corrected chi connectivity index (χ4v) is 7.93. The highest BCUT2D eigenvalue weighted by Crippen LogP contribution is 2.66. The number of rotatable bonds is 4. The van der Waals surface area contributed by atoms with Crippen molar-refractivity contribution >= 4 is 23.5 Å². The lowest BCUT2D eigenvalue weighted by atomic mass is 9.66. The number of benzene rings is 4. The molecule has 0 bridgehead atoms. The molecular formula is C35H29N3O3. The van der Waals surface area contributed by atoms with Crippen molar-refractivity contribution < 1.29 is 14.3 Å². The van der Waals surface area contributed by atoms with Crippen LogP contribution in [-0.2, 0) is 26.4 Å². The Bertz CT molecular complexity index is 1690. The minimum absolute atomic E-state index is 0.0440. The van der Waals surface area contributed by atoms with Crippen molar-refractivity contribution in [2.24, 2.45) is 4.99 Å². The molecule has 2 saturated heterocycles. The normalized spacial score (nSPS) is 28.3. The Morgan fingerprint density at radius 1 is 0.805 bits per heavy atom. The van der Waals surface area contributed by atoms with Gasteiger partial charge in [-0.25, -0.2) is 9.79 Å². The Hall–Kier alpha value is -4.55. The fraction of sp³-hybridized carbons (Fsp3) is 0.229. The van der Waals surface area contributed by atoms with Gasteiger partial charge in [0.05, 0.1) is 6.54 Å². The highest BCUT2D eigenvalue weighted by atomic mass is 16.6. The summed E-state index contributed by atoms with van der Waals surface area (Å²) in [5.41, 5.74) is 1.61. The van der Waals surface area contributed by atoms with Gasteiger partial charge >= 0.3 is 5.97 Å². The molecular weight excluding hydrogens is 510 g/mol. The third-order valence-electron chi connectivity index (χ3n) is 9.40. The van der Waals surface area contributed by atoms with E-state index in [1.165, 1.54) is 0 Å². The largest absolute Gasteiger partial charge is 0.405 e. The number of carbonyl (C=O) groups excluding carboxylic acids is 2. The summed E-state index contributed by atoms with van der Waals surface area (Å²) in [6.07, 6.45) is 1.82. The minimum Gasteiger partial charge on any atom is -0.405 e. The molecule has 4 aliphatic heterocycles. The van der Waals surface area contributed by atoms with E-state index in [4.69, 9.17) is 9.73 Å². The molecule has 0 aliphatic carbocycles. The molecule has 0 aromatic heterocycles. The lowest BCUT2D eigenvalue weighted by Crippen LogP contribution is -2.63. The molecule has 4 aliphatic rings. The average Bonchev–Trinajstić information content (AvgIpc) is 3.75. The number of amides is 1. The van der Waals surface area contributed by atoms with Crippen molar-refractivity contribution in [2.75, 3.05) is 11.4 Å². The summed E-state index contributed by atoms with van der Waals surface area (Å²) < 4.78 is 6.12. The van der Waals surface area contributed by atoms with E-state index in [1.807, 2.05) is 108 Å². The van der Waals surface area contributed by atoms with Gasteiger partial charge in [-0.05, 0) is 48.7 Å². The number of carbonyl (C=O) groups is 2. The summed E-state index contributed by atoms with van der Waals surface area (Å²) in [6.45, 7) is 1.12. The Kier molecular flexibility index (Phi) is 5.31. The molecule has 8 rings (SSSR count). The van der Waals surface area contributed by atoms with Crippen molar-refractivity contribution in [1.82, 2.24) is 4.90 Å². The van der Waals surface area contributed by atoms with Gasteiger partial charge in [0.25, 0.3) is 5.91 Å². The SMILES string of the molecule is O=C1OC(c2ccccc2)=N[C@@]12[C@H](c1ccccc1)[C@H]1CCCN1[C@]21C(=O)N(Cc2ccccc2)c2ccccc21. The number of aliphatic imine (C=N–C) groups is 1. The van der Waals surface area contributed by atoms with E-state index in [9.17, 15) is 4.79 Å². The third-order valence-corrected chi connectivity index (χ3v) is 9.40. The molecule has 6 heteroatoms. The number of fused-ring (bicyclic) bond motifs is 5. The lowest BCUT2D eigenvalue weighted by Gasteiger charge is -2.41. The molecule has 41 heavy (non-hydrogen) atoms. The van der Waals surface area contributed by atoms with Gasteiger partial charge in [0.2, 0.25) is 11.4 Å². The first-order valence-electron chi connectivity index (χ1n) is 14.3. The van der Waals surface area contributed by atoms with Crippen LogP contribution in [0.5, 0.6) is 0 Å². The first-order chi connectivity index (χ1) is 20.2. The number of anilines is 1. The van der Waals surface area contributed by atoms with E-state index in [1.54, 1.807) is 0 Å².